The Hall–Kier alpha value is -1.18. The van der Waals surface area contributed by atoms with E-state index in [9.17, 15) is 14.3 Å². The predicted octanol–water partition coefficient (Wildman–Crippen LogP) is 1.09. The number of carbonyl (C=O) groups is 1. The van der Waals surface area contributed by atoms with E-state index in [0.29, 0.717) is 4.47 Å². The van der Waals surface area contributed by atoms with Crippen molar-refractivity contribution >= 4 is 21.8 Å². The highest BCUT2D eigenvalue weighted by atomic mass is 79.9. The van der Waals surface area contributed by atoms with Crippen LogP contribution in [0.15, 0.2) is 22.7 Å². The first-order valence-electron chi connectivity index (χ1n) is 5.54. The van der Waals surface area contributed by atoms with Crippen LogP contribution in [0.1, 0.15) is 0 Å². The van der Waals surface area contributed by atoms with Gasteiger partial charge in [0.1, 0.15) is 0 Å². The first-order valence-corrected chi connectivity index (χ1v) is 6.33. The monoisotopic (exact) mass is 335 g/mol. The maximum Gasteiger partial charge on any atom is 0.258 e. The Morgan fingerprint density at radius 3 is 2.95 bits per heavy atom. The lowest BCUT2D eigenvalue weighted by Gasteiger charge is -2.11. The first kappa shape index (κ1) is 15.9. The van der Waals surface area contributed by atoms with E-state index in [-0.39, 0.29) is 25.5 Å². The van der Waals surface area contributed by atoms with Crippen LogP contribution >= 0.6 is 15.9 Å². The van der Waals surface area contributed by atoms with Gasteiger partial charge in [0, 0.05) is 18.1 Å². The van der Waals surface area contributed by atoms with Gasteiger partial charge in [-0.1, -0.05) is 15.9 Å². The molecule has 0 aromatic heterocycles. The fourth-order valence-corrected chi connectivity index (χ4v) is 1.60. The van der Waals surface area contributed by atoms with Gasteiger partial charge in [-0.05, 0) is 18.2 Å². The van der Waals surface area contributed by atoms with Gasteiger partial charge in [0.15, 0.2) is 18.2 Å². The molecule has 0 aliphatic carbocycles. The summed E-state index contributed by atoms with van der Waals surface area (Å²) in [7, 11) is 1.45. The average molecular weight is 336 g/mol. The van der Waals surface area contributed by atoms with Crippen molar-refractivity contribution < 1.29 is 23.8 Å². The number of ether oxygens (including phenoxy) is 2. The number of aliphatic hydroxyl groups excluding tert-OH is 1. The maximum atomic E-state index is 13.4. The molecule has 1 atom stereocenters. The van der Waals surface area contributed by atoms with Gasteiger partial charge in [0.05, 0.1) is 12.7 Å². The third-order valence-electron chi connectivity index (χ3n) is 2.15. The molecule has 1 amide bonds. The van der Waals surface area contributed by atoms with E-state index in [1.165, 1.54) is 19.2 Å². The highest BCUT2D eigenvalue weighted by Gasteiger charge is 2.09. The zero-order chi connectivity index (χ0) is 14.3. The van der Waals surface area contributed by atoms with Crippen molar-refractivity contribution in [1.82, 2.24) is 5.32 Å². The summed E-state index contributed by atoms with van der Waals surface area (Å²) in [6.07, 6.45) is -0.779. The van der Waals surface area contributed by atoms with E-state index in [2.05, 4.69) is 21.2 Å². The third kappa shape index (κ3) is 6.00. The summed E-state index contributed by atoms with van der Waals surface area (Å²) in [6, 6.07) is 4.28. The molecular formula is C12H15BrFNO4. The summed E-state index contributed by atoms with van der Waals surface area (Å²) in [4.78, 5) is 11.4. The molecule has 0 fully saturated rings. The van der Waals surface area contributed by atoms with Gasteiger partial charge in [0.25, 0.3) is 5.91 Å². The van der Waals surface area contributed by atoms with Gasteiger partial charge in [-0.3, -0.25) is 4.79 Å². The van der Waals surface area contributed by atoms with Crippen molar-refractivity contribution in [3.63, 3.8) is 0 Å². The standard InChI is InChI=1S/C12H15BrFNO4/c1-18-6-9(16)5-15-12(17)7-19-11-3-2-8(13)4-10(11)14/h2-4,9,16H,5-7H2,1H3,(H,15,17)/t9-/m1/s1. The van der Waals surface area contributed by atoms with Gasteiger partial charge >= 0.3 is 0 Å². The molecule has 1 aromatic rings. The minimum Gasteiger partial charge on any atom is -0.481 e. The molecule has 1 aromatic carbocycles. The molecular weight excluding hydrogens is 321 g/mol. The van der Waals surface area contributed by atoms with Gasteiger partial charge < -0.3 is 19.9 Å². The van der Waals surface area contributed by atoms with Crippen LogP contribution in [0, 0.1) is 5.82 Å². The first-order chi connectivity index (χ1) is 9.02. The summed E-state index contributed by atoms with van der Waals surface area (Å²) in [5, 5.41) is 11.8. The molecule has 106 valence electrons. The Balaban J connectivity index is 2.33. The summed E-state index contributed by atoms with van der Waals surface area (Å²) in [5.74, 6) is -1.00. The largest absolute Gasteiger partial charge is 0.481 e. The molecule has 0 aliphatic heterocycles. The molecule has 0 aliphatic rings. The van der Waals surface area contributed by atoms with E-state index in [0.717, 1.165) is 0 Å². The van der Waals surface area contributed by atoms with E-state index < -0.39 is 17.8 Å². The molecule has 0 spiro atoms. The summed E-state index contributed by atoms with van der Waals surface area (Å²) >= 11 is 3.12. The fraction of sp³-hybridized carbons (Fsp3) is 0.417. The molecule has 0 heterocycles. The SMILES string of the molecule is COC[C@H](O)CNC(=O)COc1ccc(Br)cc1F. The van der Waals surface area contributed by atoms with Crippen molar-refractivity contribution in [1.29, 1.82) is 0 Å². The highest BCUT2D eigenvalue weighted by molar-refractivity contribution is 9.10. The molecule has 0 unspecified atom stereocenters. The number of carbonyl (C=O) groups excluding carboxylic acids is 1. The van der Waals surface area contributed by atoms with Crippen LogP contribution in [0.3, 0.4) is 0 Å². The van der Waals surface area contributed by atoms with Gasteiger partial charge in [0.2, 0.25) is 0 Å². The predicted molar refractivity (Wildman–Crippen MR) is 70.5 cm³/mol. The van der Waals surface area contributed by atoms with Crippen LogP contribution in [0.2, 0.25) is 0 Å². The van der Waals surface area contributed by atoms with Crippen LogP contribution in [-0.2, 0) is 9.53 Å². The Morgan fingerprint density at radius 1 is 1.58 bits per heavy atom. The number of benzene rings is 1. The van der Waals surface area contributed by atoms with Crippen molar-refractivity contribution in [2.45, 2.75) is 6.10 Å². The smallest absolute Gasteiger partial charge is 0.258 e. The third-order valence-corrected chi connectivity index (χ3v) is 2.64. The van der Waals surface area contributed by atoms with Crippen molar-refractivity contribution in [2.75, 3.05) is 26.9 Å². The number of aliphatic hydroxyl groups is 1. The molecule has 0 saturated carbocycles. The molecule has 0 bridgehead atoms. The zero-order valence-corrected chi connectivity index (χ0v) is 11.9. The minimum absolute atomic E-state index is 0.00390. The number of amides is 1. The number of halogens is 2. The number of hydrogen-bond donors (Lipinski definition) is 2. The second kappa shape index (κ2) is 8.08. The molecule has 1 rings (SSSR count). The summed E-state index contributed by atoms with van der Waals surface area (Å²) in [5.41, 5.74) is 0. The Kier molecular flexibility index (Phi) is 6.75. The Labute approximate surface area is 118 Å². The Bertz CT molecular complexity index is 430. The van der Waals surface area contributed by atoms with Crippen LogP contribution in [0.4, 0.5) is 4.39 Å². The van der Waals surface area contributed by atoms with Crippen molar-refractivity contribution in [3.8, 4) is 5.75 Å². The van der Waals surface area contributed by atoms with Crippen molar-refractivity contribution in [2.24, 2.45) is 0 Å². The molecule has 5 nitrogen and oxygen atoms in total. The lowest BCUT2D eigenvalue weighted by molar-refractivity contribution is -0.123. The van der Waals surface area contributed by atoms with E-state index >= 15 is 0 Å². The van der Waals surface area contributed by atoms with Crippen LogP contribution < -0.4 is 10.1 Å². The molecule has 2 N–H and O–H groups in total. The number of rotatable bonds is 7. The fourth-order valence-electron chi connectivity index (χ4n) is 1.27. The lowest BCUT2D eigenvalue weighted by atomic mass is 10.3. The average Bonchev–Trinajstić information content (AvgIpc) is 2.35. The molecule has 0 saturated heterocycles. The highest BCUT2D eigenvalue weighted by Crippen LogP contribution is 2.21. The molecule has 19 heavy (non-hydrogen) atoms. The maximum absolute atomic E-state index is 13.4. The number of methoxy groups -OCH3 is 1. The van der Waals surface area contributed by atoms with E-state index in [4.69, 9.17) is 9.47 Å². The van der Waals surface area contributed by atoms with E-state index in [1.54, 1.807) is 6.07 Å². The topological polar surface area (TPSA) is 67.8 Å². The van der Waals surface area contributed by atoms with Crippen molar-refractivity contribution in [3.05, 3.63) is 28.5 Å². The Morgan fingerprint density at radius 2 is 2.32 bits per heavy atom. The number of hydrogen-bond acceptors (Lipinski definition) is 4. The van der Waals surface area contributed by atoms with Crippen LogP contribution in [-0.4, -0.2) is 44.0 Å². The zero-order valence-electron chi connectivity index (χ0n) is 10.4. The normalized spacial score (nSPS) is 12.0. The van der Waals surface area contributed by atoms with E-state index in [1.807, 2.05) is 0 Å². The second-order valence-electron chi connectivity index (χ2n) is 3.78. The van der Waals surface area contributed by atoms with Gasteiger partial charge in [-0.15, -0.1) is 0 Å². The van der Waals surface area contributed by atoms with Crippen LogP contribution in [0.5, 0.6) is 5.75 Å². The van der Waals surface area contributed by atoms with Gasteiger partial charge in [-0.2, -0.15) is 0 Å². The minimum atomic E-state index is -0.779. The quantitative estimate of drug-likeness (QED) is 0.782. The molecule has 7 heteroatoms. The molecule has 0 radical (unpaired) electrons. The van der Waals surface area contributed by atoms with Gasteiger partial charge in [-0.25, -0.2) is 4.39 Å². The summed E-state index contributed by atoms with van der Waals surface area (Å²) < 4.78 is 23.7. The van der Waals surface area contributed by atoms with Crippen LogP contribution in [0.25, 0.3) is 0 Å². The second-order valence-corrected chi connectivity index (χ2v) is 4.69. The number of nitrogens with one attached hydrogen (secondary N) is 1. The lowest BCUT2D eigenvalue weighted by Crippen LogP contribution is -2.37. The summed E-state index contributed by atoms with van der Waals surface area (Å²) in [6.45, 7) is -0.139.